The van der Waals surface area contributed by atoms with Gasteiger partial charge in [-0.25, -0.2) is 10.2 Å². The molecule has 31 heavy (non-hydrogen) atoms. The second-order valence-corrected chi connectivity index (χ2v) is 10.1. The Hall–Kier alpha value is -1.37. The predicted octanol–water partition coefficient (Wildman–Crippen LogP) is 1.82. The van der Waals surface area contributed by atoms with Crippen LogP contribution in [0, 0.1) is 0 Å². The van der Waals surface area contributed by atoms with Gasteiger partial charge in [0.25, 0.3) is 5.91 Å². The van der Waals surface area contributed by atoms with Crippen molar-refractivity contribution in [3.05, 3.63) is 0 Å². The van der Waals surface area contributed by atoms with E-state index in [1.165, 1.54) is 23.9 Å². The van der Waals surface area contributed by atoms with Crippen LogP contribution < -0.4 is 10.7 Å². The lowest BCUT2D eigenvalue weighted by Crippen LogP contribution is -2.63. The Labute approximate surface area is 195 Å². The standard InChI is InChI=1S/C19H31BrN4O6S/c1-6-29-14(15-21-12(20)10-31-15)13(22-18(27)30-19(2,3)4)16(25)24-9-7-8-11(23-24)17(26)28-5/h11-14,23H,6-10H2,1-5H3,(H,22,27)/t11-,12?,13-,14-/m0/s1. The van der Waals surface area contributed by atoms with E-state index in [2.05, 4.69) is 31.7 Å². The molecule has 0 radical (unpaired) electrons. The van der Waals surface area contributed by atoms with Crippen LogP contribution in [0.15, 0.2) is 4.99 Å². The second kappa shape index (κ2) is 11.5. The van der Waals surface area contributed by atoms with Crippen molar-refractivity contribution in [3.8, 4) is 0 Å². The number of amides is 2. The summed E-state index contributed by atoms with van der Waals surface area (Å²) in [4.78, 5) is 42.4. The number of halogens is 1. The highest BCUT2D eigenvalue weighted by Gasteiger charge is 2.41. The molecule has 0 bridgehead atoms. The molecule has 2 N–H and O–H groups in total. The molecule has 0 saturated carbocycles. The summed E-state index contributed by atoms with van der Waals surface area (Å²) in [5.74, 6) is -0.203. The van der Waals surface area contributed by atoms with Crippen molar-refractivity contribution in [2.75, 3.05) is 26.0 Å². The molecule has 4 atom stereocenters. The number of hydrogen-bond donors (Lipinski definition) is 2. The average Bonchev–Trinajstić information content (AvgIpc) is 3.14. The van der Waals surface area contributed by atoms with Crippen molar-refractivity contribution >= 4 is 50.7 Å². The first-order valence-corrected chi connectivity index (χ1v) is 12.1. The van der Waals surface area contributed by atoms with Crippen LogP contribution in [0.1, 0.15) is 40.5 Å². The fourth-order valence-electron chi connectivity index (χ4n) is 3.14. The minimum atomic E-state index is -1.09. The monoisotopic (exact) mass is 522 g/mol. The zero-order valence-corrected chi connectivity index (χ0v) is 20.9. The minimum absolute atomic E-state index is 0.0930. The van der Waals surface area contributed by atoms with Gasteiger partial charge in [0, 0.05) is 18.9 Å². The van der Waals surface area contributed by atoms with Gasteiger partial charge in [0.15, 0.2) is 0 Å². The Morgan fingerprint density at radius 2 is 2.10 bits per heavy atom. The van der Waals surface area contributed by atoms with Crippen molar-refractivity contribution in [3.63, 3.8) is 0 Å². The maximum atomic E-state index is 13.5. The lowest BCUT2D eigenvalue weighted by molar-refractivity contribution is -0.151. The van der Waals surface area contributed by atoms with E-state index in [0.29, 0.717) is 36.8 Å². The molecular weight excluding hydrogens is 492 g/mol. The van der Waals surface area contributed by atoms with Crippen molar-refractivity contribution < 1.29 is 28.6 Å². The molecule has 0 aromatic rings. The first-order valence-electron chi connectivity index (χ1n) is 10.2. The molecule has 0 aromatic heterocycles. The van der Waals surface area contributed by atoms with Crippen LogP contribution in [-0.4, -0.2) is 82.8 Å². The average molecular weight is 523 g/mol. The number of nitrogens with zero attached hydrogens (tertiary/aromatic N) is 2. The van der Waals surface area contributed by atoms with Crippen LogP contribution in [0.25, 0.3) is 0 Å². The van der Waals surface area contributed by atoms with Gasteiger partial charge in [-0.1, -0.05) is 15.9 Å². The fraction of sp³-hybridized carbons (Fsp3) is 0.789. The number of aliphatic imine (C=N–C) groups is 1. The molecule has 2 amide bonds. The van der Waals surface area contributed by atoms with Crippen molar-refractivity contribution in [1.82, 2.24) is 15.8 Å². The van der Waals surface area contributed by atoms with Crippen LogP contribution in [0.3, 0.4) is 0 Å². The fourth-order valence-corrected chi connectivity index (χ4v) is 4.84. The molecule has 10 nitrogen and oxygen atoms in total. The van der Waals surface area contributed by atoms with Crippen molar-refractivity contribution in [2.24, 2.45) is 4.99 Å². The molecular formula is C19H31BrN4O6S. The third-order valence-electron chi connectivity index (χ3n) is 4.40. The highest BCUT2D eigenvalue weighted by atomic mass is 79.9. The SMILES string of the molecule is CCO[C@H](C1=NC(Br)CS1)[C@H](NC(=O)OC(C)(C)C)C(=O)N1CCC[C@@H](C(=O)OC)N1. The number of thioether (sulfide) groups is 1. The number of alkyl carbamates (subject to hydrolysis) is 1. The normalized spacial score (nSPS) is 23.5. The van der Waals surface area contributed by atoms with Gasteiger partial charge in [0.05, 0.1) is 7.11 Å². The topological polar surface area (TPSA) is 119 Å². The Morgan fingerprint density at radius 1 is 1.39 bits per heavy atom. The van der Waals surface area contributed by atoms with Gasteiger partial charge in [-0.05, 0) is 40.5 Å². The molecule has 0 aliphatic carbocycles. The van der Waals surface area contributed by atoms with E-state index in [1.807, 2.05) is 0 Å². The number of ether oxygens (including phenoxy) is 3. The lowest BCUT2D eigenvalue weighted by atomic mass is 10.1. The molecule has 1 fully saturated rings. The summed E-state index contributed by atoms with van der Waals surface area (Å²) in [6, 6.07) is -1.73. The maximum absolute atomic E-state index is 13.5. The highest BCUT2D eigenvalue weighted by molar-refractivity contribution is 9.09. The zero-order valence-electron chi connectivity index (χ0n) is 18.5. The minimum Gasteiger partial charge on any atom is -0.468 e. The number of nitrogens with one attached hydrogen (secondary N) is 2. The largest absolute Gasteiger partial charge is 0.468 e. The van der Waals surface area contributed by atoms with Crippen LogP contribution >= 0.6 is 27.7 Å². The maximum Gasteiger partial charge on any atom is 0.408 e. The number of esters is 1. The Kier molecular flexibility index (Phi) is 9.59. The van der Waals surface area contributed by atoms with Crippen molar-refractivity contribution in [2.45, 2.75) is 69.3 Å². The van der Waals surface area contributed by atoms with E-state index in [1.54, 1.807) is 27.7 Å². The van der Waals surface area contributed by atoms with Gasteiger partial charge in [0.1, 0.15) is 33.8 Å². The first-order chi connectivity index (χ1) is 14.6. The predicted molar refractivity (Wildman–Crippen MR) is 121 cm³/mol. The smallest absolute Gasteiger partial charge is 0.408 e. The van der Waals surface area contributed by atoms with Crippen molar-refractivity contribution in [1.29, 1.82) is 0 Å². The van der Waals surface area contributed by atoms with Gasteiger partial charge in [-0.3, -0.25) is 19.6 Å². The van der Waals surface area contributed by atoms with E-state index >= 15 is 0 Å². The molecule has 0 aromatic carbocycles. The second-order valence-electron chi connectivity index (χ2n) is 8.05. The number of carbonyl (C=O) groups excluding carboxylic acids is 3. The molecule has 12 heteroatoms. The molecule has 2 aliphatic rings. The van der Waals surface area contributed by atoms with Gasteiger partial charge in [-0.15, -0.1) is 11.8 Å². The molecule has 0 spiro atoms. The molecule has 1 saturated heterocycles. The quantitative estimate of drug-likeness (QED) is 0.295. The molecule has 2 aliphatic heterocycles. The Balaban J connectivity index is 2.28. The van der Waals surface area contributed by atoms with E-state index in [9.17, 15) is 14.4 Å². The summed E-state index contributed by atoms with van der Waals surface area (Å²) in [5.41, 5.74) is 2.17. The van der Waals surface area contributed by atoms with Crippen LogP contribution in [0.5, 0.6) is 0 Å². The lowest BCUT2D eigenvalue weighted by Gasteiger charge is -2.36. The van der Waals surface area contributed by atoms with Crippen LogP contribution in [-0.2, 0) is 23.8 Å². The number of rotatable bonds is 7. The van der Waals surface area contributed by atoms with Gasteiger partial charge in [-0.2, -0.15) is 0 Å². The number of hydrogen-bond acceptors (Lipinski definition) is 9. The Bertz CT molecular complexity index is 701. The number of methoxy groups -OCH3 is 1. The van der Waals surface area contributed by atoms with E-state index in [-0.39, 0.29) is 4.95 Å². The van der Waals surface area contributed by atoms with E-state index in [4.69, 9.17) is 14.2 Å². The summed E-state index contributed by atoms with van der Waals surface area (Å²) in [6.07, 6.45) is -0.381. The summed E-state index contributed by atoms with van der Waals surface area (Å²) in [7, 11) is 1.30. The third-order valence-corrected chi connectivity index (χ3v) is 6.48. The zero-order chi connectivity index (χ0) is 23.2. The highest BCUT2D eigenvalue weighted by Crippen LogP contribution is 2.27. The summed E-state index contributed by atoms with van der Waals surface area (Å²) < 4.78 is 16.0. The van der Waals surface area contributed by atoms with Gasteiger partial charge < -0.3 is 19.5 Å². The molecule has 176 valence electrons. The number of hydrazine groups is 1. The molecule has 2 heterocycles. The third kappa shape index (κ3) is 7.62. The molecule has 1 unspecified atom stereocenters. The van der Waals surface area contributed by atoms with E-state index < -0.39 is 41.8 Å². The Morgan fingerprint density at radius 3 is 2.65 bits per heavy atom. The summed E-state index contributed by atoms with van der Waals surface area (Å²) >= 11 is 4.91. The molecule has 2 rings (SSSR count). The van der Waals surface area contributed by atoms with Gasteiger partial charge in [0.2, 0.25) is 0 Å². The van der Waals surface area contributed by atoms with Crippen LogP contribution in [0.4, 0.5) is 4.79 Å². The number of carbonyl (C=O) groups is 3. The summed E-state index contributed by atoms with van der Waals surface area (Å²) in [5, 5.41) is 4.61. The van der Waals surface area contributed by atoms with Crippen LogP contribution in [0.2, 0.25) is 0 Å². The first kappa shape index (κ1) is 25.9. The summed E-state index contributed by atoms with van der Waals surface area (Å²) in [6.45, 7) is 7.71. The number of alkyl halides is 1. The van der Waals surface area contributed by atoms with Gasteiger partial charge >= 0.3 is 12.1 Å². The van der Waals surface area contributed by atoms with E-state index in [0.717, 1.165) is 0 Å².